The number of aryl methyl sites for hydroxylation is 1. The summed E-state index contributed by atoms with van der Waals surface area (Å²) in [6.07, 6.45) is 0. The van der Waals surface area contributed by atoms with Gasteiger partial charge in [-0.25, -0.2) is 0 Å². The lowest BCUT2D eigenvalue weighted by molar-refractivity contribution is 0.309. The highest BCUT2D eigenvalue weighted by Crippen LogP contribution is 2.09. The first-order chi connectivity index (χ1) is 6.59. The monoisotopic (exact) mass is 192 g/mol. The van der Waals surface area contributed by atoms with Crippen LogP contribution in [0.15, 0.2) is 24.3 Å². The Bertz CT molecular complexity index is 281. The van der Waals surface area contributed by atoms with Crippen LogP contribution in [0.4, 0.5) is 0 Å². The Balaban J connectivity index is 2.56. The molecule has 2 N–H and O–H groups in total. The number of benzene rings is 1. The fraction of sp³-hybridized carbons (Fsp3) is 0.500. The predicted molar refractivity (Wildman–Crippen MR) is 61.2 cm³/mol. The molecule has 0 aromatic heterocycles. The van der Waals surface area contributed by atoms with Crippen molar-refractivity contribution in [2.45, 2.75) is 26.4 Å². The minimum Gasteiger partial charge on any atom is -0.327 e. The van der Waals surface area contributed by atoms with Gasteiger partial charge in [0.25, 0.3) is 0 Å². The van der Waals surface area contributed by atoms with Crippen molar-refractivity contribution < 1.29 is 0 Å². The number of nitrogens with zero attached hydrogens (tertiary/aromatic N) is 1. The SMILES string of the molecule is Cc1ccccc1CN(C)C[C@H](C)N. The average Bonchev–Trinajstić information content (AvgIpc) is 2.07. The molecule has 2 nitrogen and oxygen atoms in total. The van der Waals surface area contributed by atoms with Gasteiger partial charge in [0.1, 0.15) is 0 Å². The van der Waals surface area contributed by atoms with Crippen LogP contribution in [-0.4, -0.2) is 24.5 Å². The van der Waals surface area contributed by atoms with Gasteiger partial charge in [-0.2, -0.15) is 0 Å². The molecule has 0 bridgehead atoms. The third-order valence-electron chi connectivity index (χ3n) is 2.30. The van der Waals surface area contributed by atoms with Crippen molar-refractivity contribution in [2.24, 2.45) is 5.73 Å². The van der Waals surface area contributed by atoms with Gasteiger partial charge < -0.3 is 10.6 Å². The summed E-state index contributed by atoms with van der Waals surface area (Å²) in [5, 5.41) is 0. The van der Waals surface area contributed by atoms with Gasteiger partial charge in [-0.3, -0.25) is 0 Å². The first-order valence-electron chi connectivity index (χ1n) is 5.08. The quantitative estimate of drug-likeness (QED) is 0.788. The van der Waals surface area contributed by atoms with E-state index in [-0.39, 0.29) is 6.04 Å². The minimum atomic E-state index is 0.240. The van der Waals surface area contributed by atoms with Gasteiger partial charge in [0.2, 0.25) is 0 Å². The maximum atomic E-state index is 5.74. The minimum absolute atomic E-state index is 0.240. The third-order valence-corrected chi connectivity index (χ3v) is 2.30. The van der Waals surface area contributed by atoms with Crippen molar-refractivity contribution >= 4 is 0 Å². The summed E-state index contributed by atoms with van der Waals surface area (Å²) in [4.78, 5) is 2.26. The summed E-state index contributed by atoms with van der Waals surface area (Å²) in [6, 6.07) is 8.72. The van der Waals surface area contributed by atoms with E-state index in [0.717, 1.165) is 13.1 Å². The van der Waals surface area contributed by atoms with E-state index in [1.807, 2.05) is 6.92 Å². The third kappa shape index (κ3) is 3.48. The first-order valence-corrected chi connectivity index (χ1v) is 5.08. The molecular formula is C12H20N2. The van der Waals surface area contributed by atoms with Gasteiger partial charge in [-0.15, -0.1) is 0 Å². The molecule has 0 heterocycles. The lowest BCUT2D eigenvalue weighted by Gasteiger charge is -2.19. The second-order valence-corrected chi connectivity index (χ2v) is 4.10. The molecule has 0 aliphatic carbocycles. The predicted octanol–water partition coefficient (Wildman–Crippen LogP) is 1.77. The van der Waals surface area contributed by atoms with Crippen molar-refractivity contribution in [2.75, 3.05) is 13.6 Å². The molecule has 1 rings (SSSR count). The van der Waals surface area contributed by atoms with Gasteiger partial charge in [0, 0.05) is 19.1 Å². The Hall–Kier alpha value is -0.860. The van der Waals surface area contributed by atoms with E-state index in [1.54, 1.807) is 0 Å². The van der Waals surface area contributed by atoms with Crippen LogP contribution in [-0.2, 0) is 6.54 Å². The van der Waals surface area contributed by atoms with Crippen LogP contribution in [0, 0.1) is 6.92 Å². The Kier molecular flexibility index (Phi) is 4.11. The van der Waals surface area contributed by atoms with Crippen LogP contribution in [0.3, 0.4) is 0 Å². The summed E-state index contributed by atoms with van der Waals surface area (Å²) in [5.74, 6) is 0. The van der Waals surface area contributed by atoms with Crippen molar-refractivity contribution in [1.29, 1.82) is 0 Å². The number of hydrogen-bond acceptors (Lipinski definition) is 2. The van der Waals surface area contributed by atoms with Crippen LogP contribution in [0.2, 0.25) is 0 Å². The number of likely N-dealkylation sites (N-methyl/N-ethyl adjacent to an activating group) is 1. The van der Waals surface area contributed by atoms with E-state index < -0.39 is 0 Å². The Morgan fingerprint density at radius 1 is 1.36 bits per heavy atom. The number of rotatable bonds is 4. The summed E-state index contributed by atoms with van der Waals surface area (Å²) in [7, 11) is 2.11. The highest BCUT2D eigenvalue weighted by Gasteiger charge is 2.04. The number of hydrogen-bond donors (Lipinski definition) is 1. The zero-order chi connectivity index (χ0) is 10.6. The van der Waals surface area contributed by atoms with Crippen LogP contribution < -0.4 is 5.73 Å². The van der Waals surface area contributed by atoms with Gasteiger partial charge in [-0.1, -0.05) is 24.3 Å². The summed E-state index contributed by atoms with van der Waals surface area (Å²) < 4.78 is 0. The molecule has 0 amide bonds. The molecule has 0 spiro atoms. The molecule has 0 fully saturated rings. The van der Waals surface area contributed by atoms with Gasteiger partial charge >= 0.3 is 0 Å². The van der Waals surface area contributed by atoms with Gasteiger partial charge in [-0.05, 0) is 32.0 Å². The molecule has 1 aromatic carbocycles. The molecular weight excluding hydrogens is 172 g/mol. The molecule has 1 aromatic rings. The van der Waals surface area contributed by atoms with Crippen LogP contribution in [0.5, 0.6) is 0 Å². The van der Waals surface area contributed by atoms with Crippen molar-refractivity contribution in [3.05, 3.63) is 35.4 Å². The zero-order valence-electron chi connectivity index (χ0n) is 9.33. The van der Waals surface area contributed by atoms with Crippen molar-refractivity contribution in [3.8, 4) is 0 Å². The topological polar surface area (TPSA) is 29.3 Å². The molecule has 1 atom stereocenters. The molecule has 0 radical (unpaired) electrons. The van der Waals surface area contributed by atoms with Crippen molar-refractivity contribution in [3.63, 3.8) is 0 Å². The first kappa shape index (κ1) is 11.2. The molecule has 0 aliphatic heterocycles. The Labute approximate surface area is 86.7 Å². The maximum Gasteiger partial charge on any atom is 0.0233 e. The van der Waals surface area contributed by atoms with E-state index in [4.69, 9.17) is 5.73 Å². The molecule has 0 unspecified atom stereocenters. The van der Waals surface area contributed by atoms with E-state index in [2.05, 4.69) is 43.1 Å². The van der Waals surface area contributed by atoms with E-state index >= 15 is 0 Å². The lowest BCUT2D eigenvalue weighted by Crippen LogP contribution is -2.32. The summed E-state index contributed by atoms with van der Waals surface area (Å²) >= 11 is 0. The second-order valence-electron chi connectivity index (χ2n) is 4.10. The Morgan fingerprint density at radius 3 is 2.57 bits per heavy atom. The molecule has 0 saturated carbocycles. The molecule has 0 aliphatic rings. The lowest BCUT2D eigenvalue weighted by atomic mass is 10.1. The van der Waals surface area contributed by atoms with E-state index in [1.165, 1.54) is 11.1 Å². The molecule has 78 valence electrons. The fourth-order valence-corrected chi connectivity index (χ4v) is 1.63. The van der Waals surface area contributed by atoms with Crippen LogP contribution in [0.1, 0.15) is 18.1 Å². The van der Waals surface area contributed by atoms with Crippen LogP contribution >= 0.6 is 0 Å². The molecule has 14 heavy (non-hydrogen) atoms. The molecule has 2 heteroatoms. The zero-order valence-corrected chi connectivity index (χ0v) is 9.33. The standard InChI is InChI=1S/C12H20N2/c1-10-6-4-5-7-12(10)9-14(3)8-11(2)13/h4-7,11H,8-9,13H2,1-3H3/t11-/m0/s1. The highest BCUT2D eigenvalue weighted by molar-refractivity contribution is 5.25. The maximum absolute atomic E-state index is 5.74. The van der Waals surface area contributed by atoms with Gasteiger partial charge in [0.05, 0.1) is 0 Å². The van der Waals surface area contributed by atoms with E-state index in [0.29, 0.717) is 0 Å². The molecule has 0 saturated heterocycles. The normalized spacial score (nSPS) is 13.2. The summed E-state index contributed by atoms with van der Waals surface area (Å²) in [5.41, 5.74) is 8.48. The van der Waals surface area contributed by atoms with E-state index in [9.17, 15) is 0 Å². The van der Waals surface area contributed by atoms with Crippen molar-refractivity contribution in [1.82, 2.24) is 4.90 Å². The number of nitrogens with two attached hydrogens (primary N) is 1. The highest BCUT2D eigenvalue weighted by atomic mass is 15.1. The Morgan fingerprint density at radius 2 is 2.00 bits per heavy atom. The largest absolute Gasteiger partial charge is 0.327 e. The summed E-state index contributed by atoms with van der Waals surface area (Å²) in [6.45, 7) is 6.10. The van der Waals surface area contributed by atoms with Gasteiger partial charge in [0.15, 0.2) is 0 Å². The average molecular weight is 192 g/mol. The van der Waals surface area contributed by atoms with Crippen LogP contribution in [0.25, 0.3) is 0 Å². The second kappa shape index (κ2) is 5.13. The smallest absolute Gasteiger partial charge is 0.0233 e. The fourth-order valence-electron chi connectivity index (χ4n) is 1.63.